The number of aryl methyl sites for hydroxylation is 2. The Morgan fingerprint density at radius 3 is 2.67 bits per heavy atom. The van der Waals surface area contributed by atoms with Gasteiger partial charge in [-0.3, -0.25) is 9.30 Å². The smallest absolute Gasteiger partial charge is 0.254 e. The Hall–Kier alpha value is -2.45. The number of fused-ring (bicyclic) bond motifs is 1. The predicted molar refractivity (Wildman–Crippen MR) is 107 cm³/mol. The van der Waals surface area contributed by atoms with Crippen LogP contribution in [0.5, 0.6) is 11.5 Å². The standard InChI is InChI=1S/C19H25N5O2S/c1-6-26-16-8-7-15(10-17(16)25-5)11-22(4)12-23-19(27)24-14(3)9-13(2)20-18(24)21-23/h7-10H,6,11-12H2,1-5H3. The summed E-state index contributed by atoms with van der Waals surface area (Å²) >= 11 is 5.59. The first-order chi connectivity index (χ1) is 12.9. The molecule has 0 spiro atoms. The third-order valence-corrected chi connectivity index (χ3v) is 4.62. The molecule has 0 unspecified atom stereocenters. The van der Waals surface area contributed by atoms with E-state index in [0.29, 0.717) is 23.8 Å². The predicted octanol–water partition coefficient (Wildman–Crippen LogP) is 3.37. The zero-order valence-electron chi connectivity index (χ0n) is 16.4. The molecule has 7 nitrogen and oxygen atoms in total. The number of rotatable bonds is 7. The molecule has 3 aromatic rings. The van der Waals surface area contributed by atoms with Crippen LogP contribution in [-0.4, -0.2) is 44.8 Å². The van der Waals surface area contributed by atoms with Crippen LogP contribution < -0.4 is 9.47 Å². The maximum atomic E-state index is 5.59. The highest BCUT2D eigenvalue weighted by Gasteiger charge is 2.11. The number of ether oxygens (including phenoxy) is 2. The lowest BCUT2D eigenvalue weighted by Crippen LogP contribution is -2.22. The van der Waals surface area contributed by atoms with Gasteiger partial charge in [0.2, 0.25) is 4.77 Å². The fourth-order valence-electron chi connectivity index (χ4n) is 3.10. The second-order valence-corrected chi connectivity index (χ2v) is 6.90. The number of methoxy groups -OCH3 is 1. The molecule has 0 aliphatic rings. The van der Waals surface area contributed by atoms with Crippen molar-refractivity contribution in [2.24, 2.45) is 0 Å². The summed E-state index contributed by atoms with van der Waals surface area (Å²) in [7, 11) is 3.68. The Morgan fingerprint density at radius 1 is 1.19 bits per heavy atom. The summed E-state index contributed by atoms with van der Waals surface area (Å²) in [5, 5.41) is 4.57. The molecule has 0 saturated heterocycles. The van der Waals surface area contributed by atoms with E-state index in [1.165, 1.54) is 0 Å². The molecule has 1 aromatic carbocycles. The number of hydrogen-bond acceptors (Lipinski definition) is 6. The average Bonchev–Trinajstić information content (AvgIpc) is 2.91. The molecule has 27 heavy (non-hydrogen) atoms. The van der Waals surface area contributed by atoms with Crippen LogP contribution >= 0.6 is 12.2 Å². The van der Waals surface area contributed by atoms with Crippen LogP contribution in [0, 0.1) is 18.6 Å². The van der Waals surface area contributed by atoms with Crippen molar-refractivity contribution in [2.45, 2.75) is 34.0 Å². The van der Waals surface area contributed by atoms with Gasteiger partial charge < -0.3 is 9.47 Å². The van der Waals surface area contributed by atoms with Gasteiger partial charge in [0.05, 0.1) is 20.4 Å². The van der Waals surface area contributed by atoms with E-state index in [0.717, 1.165) is 35.0 Å². The highest BCUT2D eigenvalue weighted by atomic mass is 32.1. The number of benzene rings is 1. The number of aromatic nitrogens is 4. The fourth-order valence-corrected chi connectivity index (χ4v) is 3.43. The first-order valence-electron chi connectivity index (χ1n) is 8.85. The van der Waals surface area contributed by atoms with E-state index < -0.39 is 0 Å². The van der Waals surface area contributed by atoms with Gasteiger partial charge in [-0.25, -0.2) is 9.67 Å². The van der Waals surface area contributed by atoms with Crippen molar-refractivity contribution in [2.75, 3.05) is 20.8 Å². The maximum absolute atomic E-state index is 5.59. The van der Waals surface area contributed by atoms with Crippen molar-refractivity contribution in [3.8, 4) is 11.5 Å². The van der Waals surface area contributed by atoms with Gasteiger partial charge in [0, 0.05) is 17.9 Å². The van der Waals surface area contributed by atoms with Crippen molar-refractivity contribution in [1.82, 2.24) is 24.1 Å². The Labute approximate surface area is 164 Å². The first kappa shape index (κ1) is 19.3. The quantitative estimate of drug-likeness (QED) is 0.580. The molecular weight excluding hydrogens is 362 g/mol. The van der Waals surface area contributed by atoms with Gasteiger partial charge in [-0.2, -0.15) is 0 Å². The minimum absolute atomic E-state index is 0.566. The summed E-state index contributed by atoms with van der Waals surface area (Å²) in [6.45, 7) is 7.83. The van der Waals surface area contributed by atoms with Gasteiger partial charge in [0.15, 0.2) is 11.5 Å². The zero-order chi connectivity index (χ0) is 19.6. The van der Waals surface area contributed by atoms with E-state index in [9.17, 15) is 0 Å². The van der Waals surface area contributed by atoms with Crippen molar-refractivity contribution in [1.29, 1.82) is 0 Å². The van der Waals surface area contributed by atoms with Crippen LogP contribution in [0.3, 0.4) is 0 Å². The Balaban J connectivity index is 1.79. The van der Waals surface area contributed by atoms with Gasteiger partial charge in [-0.05, 0) is 63.8 Å². The van der Waals surface area contributed by atoms with Crippen LogP contribution in [-0.2, 0) is 13.2 Å². The molecule has 3 rings (SSSR count). The summed E-state index contributed by atoms with van der Waals surface area (Å²) in [6.07, 6.45) is 0. The first-order valence-corrected chi connectivity index (χ1v) is 9.25. The fraction of sp³-hybridized carbons (Fsp3) is 0.421. The third-order valence-electron chi connectivity index (χ3n) is 4.22. The minimum atomic E-state index is 0.566. The lowest BCUT2D eigenvalue weighted by Gasteiger charge is -2.17. The summed E-state index contributed by atoms with van der Waals surface area (Å²) in [6, 6.07) is 7.99. The third kappa shape index (κ3) is 4.12. The molecule has 0 aliphatic carbocycles. The van der Waals surface area contributed by atoms with Crippen LogP contribution in [0.4, 0.5) is 0 Å². The molecule has 8 heteroatoms. The molecule has 0 bridgehead atoms. The molecule has 0 atom stereocenters. The highest BCUT2D eigenvalue weighted by molar-refractivity contribution is 7.71. The molecular formula is C19H25N5O2S. The number of nitrogens with zero attached hydrogens (tertiary/aromatic N) is 5. The van der Waals surface area contributed by atoms with Gasteiger partial charge in [-0.15, -0.1) is 5.10 Å². The molecule has 2 aromatic heterocycles. The largest absolute Gasteiger partial charge is 0.493 e. The molecule has 0 radical (unpaired) electrons. The lowest BCUT2D eigenvalue weighted by molar-refractivity contribution is 0.244. The normalized spacial score (nSPS) is 11.3. The molecule has 0 amide bonds. The molecule has 0 saturated carbocycles. The van der Waals surface area contributed by atoms with Gasteiger partial charge in [0.1, 0.15) is 0 Å². The van der Waals surface area contributed by atoms with E-state index in [4.69, 9.17) is 21.7 Å². The second kappa shape index (κ2) is 8.06. The van der Waals surface area contributed by atoms with Gasteiger partial charge in [-0.1, -0.05) is 6.07 Å². The van der Waals surface area contributed by atoms with E-state index in [-0.39, 0.29) is 0 Å². The van der Waals surface area contributed by atoms with Crippen LogP contribution in [0.2, 0.25) is 0 Å². The van der Waals surface area contributed by atoms with E-state index in [1.54, 1.807) is 11.8 Å². The lowest BCUT2D eigenvalue weighted by atomic mass is 10.2. The minimum Gasteiger partial charge on any atom is -0.493 e. The summed E-state index contributed by atoms with van der Waals surface area (Å²) in [4.78, 5) is 6.61. The Bertz CT molecular complexity index is 1010. The molecule has 0 fully saturated rings. The van der Waals surface area contributed by atoms with Crippen LogP contribution in [0.1, 0.15) is 23.9 Å². The topological polar surface area (TPSA) is 56.8 Å². The summed E-state index contributed by atoms with van der Waals surface area (Å²) < 4.78 is 15.4. The Kier molecular flexibility index (Phi) is 5.76. The van der Waals surface area contributed by atoms with Crippen molar-refractivity contribution in [3.05, 3.63) is 46.0 Å². The van der Waals surface area contributed by atoms with E-state index >= 15 is 0 Å². The number of hydrogen-bond donors (Lipinski definition) is 0. The maximum Gasteiger partial charge on any atom is 0.254 e. The van der Waals surface area contributed by atoms with Crippen molar-refractivity contribution in [3.63, 3.8) is 0 Å². The van der Waals surface area contributed by atoms with Gasteiger partial charge in [0.25, 0.3) is 5.78 Å². The molecule has 0 N–H and O–H groups in total. The Morgan fingerprint density at radius 2 is 1.96 bits per heavy atom. The zero-order valence-corrected chi connectivity index (χ0v) is 17.2. The average molecular weight is 388 g/mol. The van der Waals surface area contributed by atoms with E-state index in [2.05, 4.69) is 15.0 Å². The monoisotopic (exact) mass is 387 g/mol. The second-order valence-electron chi connectivity index (χ2n) is 6.53. The highest BCUT2D eigenvalue weighted by Crippen LogP contribution is 2.28. The molecule has 2 heterocycles. The summed E-state index contributed by atoms with van der Waals surface area (Å²) in [5.41, 5.74) is 3.09. The molecule has 144 valence electrons. The van der Waals surface area contributed by atoms with Gasteiger partial charge >= 0.3 is 0 Å². The van der Waals surface area contributed by atoms with Crippen molar-refractivity contribution < 1.29 is 9.47 Å². The van der Waals surface area contributed by atoms with Crippen molar-refractivity contribution >= 4 is 18.0 Å². The molecule has 0 aliphatic heterocycles. The SMILES string of the molecule is CCOc1ccc(CN(C)Cn2nc3nc(C)cc(C)n3c2=S)cc1OC. The summed E-state index contributed by atoms with van der Waals surface area (Å²) in [5.74, 6) is 2.13. The van der Waals surface area contributed by atoms with E-state index in [1.807, 2.05) is 56.5 Å². The van der Waals surface area contributed by atoms with Crippen LogP contribution in [0.15, 0.2) is 24.3 Å². The van der Waals surface area contributed by atoms with Crippen LogP contribution in [0.25, 0.3) is 5.78 Å².